The average molecular weight is 378 g/mol. The first-order chi connectivity index (χ1) is 13.6. The molecule has 28 heavy (non-hydrogen) atoms. The van der Waals surface area contributed by atoms with Crippen molar-refractivity contribution in [3.05, 3.63) is 59.7 Å². The molecule has 144 valence electrons. The molecule has 7 heteroatoms. The number of carbonyl (C=O) groups is 2. The number of amides is 1. The van der Waals surface area contributed by atoms with E-state index in [1.165, 1.54) is 0 Å². The smallest absolute Gasteiger partial charge is 0.407 e. The lowest BCUT2D eigenvalue weighted by Gasteiger charge is -2.17. The number of aliphatic carboxylic acids is 1. The molecule has 1 atom stereocenters. The maximum absolute atomic E-state index is 12.2. The Kier molecular flexibility index (Phi) is 6.71. The fraction of sp³-hybridized carbons (Fsp3) is 0.333. The van der Waals surface area contributed by atoms with Gasteiger partial charge >= 0.3 is 12.1 Å². The van der Waals surface area contributed by atoms with Gasteiger partial charge in [-0.05, 0) is 48.1 Å². The van der Waals surface area contributed by atoms with Crippen molar-refractivity contribution < 1.29 is 19.4 Å². The quantitative estimate of drug-likeness (QED) is 0.461. The largest absolute Gasteiger partial charge is 0.480 e. The molecule has 6 nitrogen and oxygen atoms in total. The molecule has 0 aromatic heterocycles. The molecule has 3 N–H and O–H groups in total. The third-order valence-corrected chi connectivity index (χ3v) is 5.00. The highest BCUT2D eigenvalue weighted by atomic mass is 16.5. The van der Waals surface area contributed by atoms with Gasteiger partial charge in [0.2, 0.25) is 0 Å². The standard InChI is InChI=1S/C21H23BN2O4/c22-23-12-6-5-11-19(20(25)26)24-21(27)28-13-18-16-9-3-1-7-14(16)15-8-2-4-10-17(15)18/h1-4,7-10,18-19,23H,5-6,11-13H2,(H,24,27)(H,25,26). The zero-order valence-electron chi connectivity index (χ0n) is 15.6. The van der Waals surface area contributed by atoms with E-state index in [2.05, 4.69) is 22.7 Å². The molecule has 1 amide bonds. The number of carbonyl (C=O) groups excluding carboxylic acids is 1. The number of nitrogens with one attached hydrogen (secondary N) is 2. The van der Waals surface area contributed by atoms with Gasteiger partial charge in [0.25, 0.3) is 0 Å². The summed E-state index contributed by atoms with van der Waals surface area (Å²) in [6.45, 7) is 0.751. The van der Waals surface area contributed by atoms with Gasteiger partial charge in [-0.3, -0.25) is 0 Å². The summed E-state index contributed by atoms with van der Waals surface area (Å²) in [4.78, 5) is 23.6. The Labute approximate surface area is 165 Å². The molecular formula is C21H23BN2O4. The van der Waals surface area contributed by atoms with E-state index >= 15 is 0 Å². The van der Waals surface area contributed by atoms with Crippen molar-refractivity contribution in [2.24, 2.45) is 0 Å². The van der Waals surface area contributed by atoms with Crippen molar-refractivity contribution in [3.63, 3.8) is 0 Å². The minimum Gasteiger partial charge on any atom is -0.480 e. The van der Waals surface area contributed by atoms with Crippen molar-refractivity contribution in [1.29, 1.82) is 0 Å². The van der Waals surface area contributed by atoms with Crippen LogP contribution in [0.3, 0.4) is 0 Å². The van der Waals surface area contributed by atoms with E-state index < -0.39 is 18.1 Å². The van der Waals surface area contributed by atoms with Crippen molar-refractivity contribution in [2.45, 2.75) is 31.2 Å². The van der Waals surface area contributed by atoms with Gasteiger partial charge in [-0.15, -0.1) is 0 Å². The van der Waals surface area contributed by atoms with Crippen LogP contribution in [0.4, 0.5) is 4.79 Å². The Morgan fingerprint density at radius 3 is 2.21 bits per heavy atom. The number of unbranched alkanes of at least 4 members (excludes halogenated alkanes) is 1. The van der Waals surface area contributed by atoms with E-state index in [9.17, 15) is 14.7 Å². The lowest BCUT2D eigenvalue weighted by molar-refractivity contribution is -0.139. The van der Waals surface area contributed by atoms with Gasteiger partial charge in [-0.2, -0.15) is 0 Å². The van der Waals surface area contributed by atoms with Crippen molar-refractivity contribution in [1.82, 2.24) is 10.5 Å². The van der Waals surface area contributed by atoms with Gasteiger partial charge in [-0.1, -0.05) is 48.5 Å². The second-order valence-corrected chi connectivity index (χ2v) is 6.81. The number of ether oxygens (including phenoxy) is 1. The van der Waals surface area contributed by atoms with Gasteiger partial charge in [0.1, 0.15) is 12.6 Å². The van der Waals surface area contributed by atoms with Crippen LogP contribution in [0.5, 0.6) is 0 Å². The maximum atomic E-state index is 12.2. The highest BCUT2D eigenvalue weighted by molar-refractivity contribution is 6.04. The lowest BCUT2D eigenvalue weighted by atomic mass is 9.98. The third kappa shape index (κ3) is 4.54. The van der Waals surface area contributed by atoms with Crippen LogP contribution in [-0.2, 0) is 9.53 Å². The summed E-state index contributed by atoms with van der Waals surface area (Å²) in [7, 11) is 5.20. The SMILES string of the molecule is [B]NCCCCC(NC(=O)OCC1c2ccccc2-c2ccccc21)C(=O)O. The Balaban J connectivity index is 1.60. The third-order valence-electron chi connectivity index (χ3n) is 5.00. The van der Waals surface area contributed by atoms with Gasteiger partial charge < -0.3 is 20.4 Å². The summed E-state index contributed by atoms with van der Waals surface area (Å²) >= 11 is 0. The second-order valence-electron chi connectivity index (χ2n) is 6.81. The first-order valence-electron chi connectivity index (χ1n) is 9.39. The van der Waals surface area contributed by atoms with E-state index in [4.69, 9.17) is 12.7 Å². The second kappa shape index (κ2) is 9.42. The predicted octanol–water partition coefficient (Wildman–Crippen LogP) is 2.82. The number of rotatable bonds is 9. The summed E-state index contributed by atoms with van der Waals surface area (Å²) < 4.78 is 5.40. The van der Waals surface area contributed by atoms with Crippen molar-refractivity contribution >= 4 is 20.0 Å². The van der Waals surface area contributed by atoms with Crippen LogP contribution in [0.25, 0.3) is 11.1 Å². The molecule has 0 fully saturated rings. The highest BCUT2D eigenvalue weighted by Crippen LogP contribution is 2.44. The number of fused-ring (bicyclic) bond motifs is 3. The molecule has 0 saturated heterocycles. The fourth-order valence-electron chi connectivity index (χ4n) is 3.62. The van der Waals surface area contributed by atoms with Crippen LogP contribution in [0.15, 0.2) is 48.5 Å². The Bertz CT molecular complexity index is 797. The zero-order valence-corrected chi connectivity index (χ0v) is 15.6. The van der Waals surface area contributed by atoms with Crippen LogP contribution < -0.4 is 10.5 Å². The van der Waals surface area contributed by atoms with E-state index in [1.807, 2.05) is 36.4 Å². The summed E-state index contributed by atoms with van der Waals surface area (Å²) in [6.07, 6.45) is 0.963. The van der Waals surface area contributed by atoms with Gasteiger partial charge in [-0.25, -0.2) is 9.59 Å². The van der Waals surface area contributed by atoms with E-state index in [1.54, 1.807) is 0 Å². The number of alkyl carbamates (subject to hydrolysis) is 1. The van der Waals surface area contributed by atoms with Crippen LogP contribution in [-0.4, -0.2) is 44.3 Å². The number of carboxylic acid groups (broad SMARTS) is 1. The van der Waals surface area contributed by atoms with Gasteiger partial charge in [0, 0.05) is 5.92 Å². The Morgan fingerprint density at radius 1 is 1.04 bits per heavy atom. The van der Waals surface area contributed by atoms with Crippen molar-refractivity contribution in [2.75, 3.05) is 13.2 Å². The number of benzene rings is 2. The van der Waals surface area contributed by atoms with Crippen LogP contribution in [0, 0.1) is 0 Å². The Hall–Kier alpha value is -2.80. The normalized spacial score (nSPS) is 13.4. The molecule has 2 aromatic rings. The molecule has 0 spiro atoms. The Morgan fingerprint density at radius 2 is 1.64 bits per heavy atom. The number of hydrogen-bond donors (Lipinski definition) is 3. The molecule has 2 aromatic carbocycles. The molecule has 0 heterocycles. The van der Waals surface area contributed by atoms with E-state index in [0.29, 0.717) is 19.4 Å². The molecule has 1 aliphatic carbocycles. The van der Waals surface area contributed by atoms with Crippen LogP contribution in [0.1, 0.15) is 36.3 Å². The molecule has 3 rings (SSSR count). The van der Waals surface area contributed by atoms with Gasteiger partial charge in [0.05, 0.1) is 0 Å². The molecule has 1 aliphatic rings. The van der Waals surface area contributed by atoms with E-state index in [0.717, 1.165) is 28.7 Å². The number of hydrogen-bond acceptors (Lipinski definition) is 4. The monoisotopic (exact) mass is 378 g/mol. The van der Waals surface area contributed by atoms with Crippen molar-refractivity contribution in [3.8, 4) is 11.1 Å². The summed E-state index contributed by atoms with van der Waals surface area (Å²) in [5.74, 6) is -1.13. The molecule has 0 bridgehead atoms. The first kappa shape index (κ1) is 20.0. The summed E-state index contributed by atoms with van der Waals surface area (Å²) in [5, 5.41) is 14.3. The average Bonchev–Trinajstić information content (AvgIpc) is 3.02. The zero-order chi connectivity index (χ0) is 19.9. The predicted molar refractivity (Wildman–Crippen MR) is 107 cm³/mol. The van der Waals surface area contributed by atoms with Crippen LogP contribution >= 0.6 is 0 Å². The molecule has 1 unspecified atom stereocenters. The fourth-order valence-corrected chi connectivity index (χ4v) is 3.62. The minimum absolute atomic E-state index is 0.0583. The van der Waals surface area contributed by atoms with Gasteiger partial charge in [0.15, 0.2) is 7.98 Å². The molecular weight excluding hydrogens is 355 g/mol. The summed E-state index contributed by atoms with van der Waals surface area (Å²) in [5.41, 5.74) is 4.51. The lowest BCUT2D eigenvalue weighted by Crippen LogP contribution is -2.41. The van der Waals surface area contributed by atoms with Crippen LogP contribution in [0.2, 0.25) is 0 Å². The van der Waals surface area contributed by atoms with E-state index in [-0.39, 0.29) is 12.5 Å². The number of carboxylic acids is 1. The topological polar surface area (TPSA) is 87.7 Å². The molecule has 0 aliphatic heterocycles. The molecule has 2 radical (unpaired) electrons. The highest BCUT2D eigenvalue weighted by Gasteiger charge is 2.29. The molecule has 0 saturated carbocycles. The maximum Gasteiger partial charge on any atom is 0.407 e. The minimum atomic E-state index is -1.07. The first-order valence-corrected chi connectivity index (χ1v) is 9.39. The summed E-state index contributed by atoms with van der Waals surface area (Å²) in [6, 6.07) is 15.1.